The predicted molar refractivity (Wildman–Crippen MR) is 108 cm³/mol. The third kappa shape index (κ3) is 4.43. The van der Waals surface area contributed by atoms with Crippen LogP contribution in [0.2, 0.25) is 0 Å². The Morgan fingerprint density at radius 2 is 1.77 bits per heavy atom. The topological polar surface area (TPSA) is 103 Å². The summed E-state index contributed by atoms with van der Waals surface area (Å²) < 4.78 is 16.0. The lowest BCUT2D eigenvalue weighted by atomic mass is 9.95. The van der Waals surface area contributed by atoms with E-state index in [-0.39, 0.29) is 11.3 Å². The Morgan fingerprint density at radius 1 is 1.03 bits per heavy atom. The van der Waals surface area contributed by atoms with E-state index >= 15 is 0 Å². The van der Waals surface area contributed by atoms with Gasteiger partial charge >= 0.3 is 18.0 Å². The van der Waals surface area contributed by atoms with Crippen LogP contribution < -0.4 is 20.1 Å². The van der Waals surface area contributed by atoms with Gasteiger partial charge in [-0.25, -0.2) is 14.4 Å². The summed E-state index contributed by atoms with van der Waals surface area (Å²) in [4.78, 5) is 36.7. The van der Waals surface area contributed by atoms with Crippen LogP contribution in [0.5, 0.6) is 11.5 Å². The number of ether oxygens (including phenoxy) is 3. The quantitative estimate of drug-likeness (QED) is 0.560. The molecular formula is C22H22N2O6. The van der Waals surface area contributed by atoms with Gasteiger partial charge in [-0.2, -0.15) is 0 Å². The van der Waals surface area contributed by atoms with Crippen LogP contribution in [0.4, 0.5) is 4.79 Å². The number of nitrogens with one attached hydrogen (secondary N) is 2. The van der Waals surface area contributed by atoms with Crippen LogP contribution in [0.1, 0.15) is 35.8 Å². The molecule has 1 heterocycles. The number of carbonyl (C=O) groups is 3. The van der Waals surface area contributed by atoms with E-state index in [0.29, 0.717) is 29.2 Å². The van der Waals surface area contributed by atoms with E-state index in [4.69, 9.17) is 14.2 Å². The number of hydrogen-bond donors (Lipinski definition) is 2. The Balaban J connectivity index is 1.96. The normalized spacial score (nSPS) is 15.7. The van der Waals surface area contributed by atoms with E-state index in [1.54, 1.807) is 62.4 Å². The summed E-state index contributed by atoms with van der Waals surface area (Å²) in [6.07, 6.45) is 0. The standard InChI is InChI=1S/C22H22N2O6/c1-4-29-17-12-15(19-18(21(26)28-3)13(2)23-22(27)24-19)10-11-16(17)30-20(25)14-8-6-5-7-9-14/h5-12,19H,4H2,1-3H3,(H2,23,24,27). The minimum atomic E-state index is -0.746. The molecule has 156 valence electrons. The monoisotopic (exact) mass is 410 g/mol. The smallest absolute Gasteiger partial charge is 0.343 e. The fourth-order valence-corrected chi connectivity index (χ4v) is 3.11. The summed E-state index contributed by atoms with van der Waals surface area (Å²) in [7, 11) is 1.27. The molecule has 3 rings (SSSR count). The van der Waals surface area contributed by atoms with Crippen molar-refractivity contribution in [2.45, 2.75) is 19.9 Å². The summed E-state index contributed by atoms with van der Waals surface area (Å²) in [6, 6.07) is 12.3. The molecule has 0 saturated heterocycles. The third-order valence-corrected chi connectivity index (χ3v) is 4.49. The first kappa shape index (κ1) is 20.9. The number of allylic oxidation sites excluding steroid dienone is 1. The van der Waals surface area contributed by atoms with E-state index in [9.17, 15) is 14.4 Å². The Hall–Kier alpha value is -3.81. The van der Waals surface area contributed by atoms with Gasteiger partial charge < -0.3 is 24.8 Å². The maximum Gasteiger partial charge on any atom is 0.343 e. The van der Waals surface area contributed by atoms with Crippen LogP contribution in [0, 0.1) is 0 Å². The molecular weight excluding hydrogens is 388 g/mol. The number of rotatable bonds is 6. The molecule has 0 saturated carbocycles. The molecule has 1 aliphatic rings. The molecule has 0 spiro atoms. The van der Waals surface area contributed by atoms with Gasteiger partial charge in [0.1, 0.15) is 0 Å². The van der Waals surface area contributed by atoms with Gasteiger partial charge in [-0.15, -0.1) is 0 Å². The summed E-state index contributed by atoms with van der Waals surface area (Å²) >= 11 is 0. The Kier molecular flexibility index (Phi) is 6.36. The minimum absolute atomic E-state index is 0.232. The second-order valence-electron chi connectivity index (χ2n) is 6.46. The lowest BCUT2D eigenvalue weighted by Gasteiger charge is -2.28. The molecule has 1 atom stereocenters. The van der Waals surface area contributed by atoms with E-state index < -0.39 is 24.0 Å². The van der Waals surface area contributed by atoms with Gasteiger partial charge in [0.2, 0.25) is 0 Å². The summed E-state index contributed by atoms with van der Waals surface area (Å²) in [6.45, 7) is 3.75. The molecule has 8 nitrogen and oxygen atoms in total. The number of urea groups is 1. The number of amides is 2. The first-order valence-corrected chi connectivity index (χ1v) is 9.35. The van der Waals surface area contributed by atoms with Crippen LogP contribution in [-0.4, -0.2) is 31.7 Å². The van der Waals surface area contributed by atoms with Gasteiger partial charge in [0.05, 0.1) is 30.9 Å². The Bertz CT molecular complexity index is 1000. The van der Waals surface area contributed by atoms with Gasteiger partial charge in [-0.1, -0.05) is 24.3 Å². The number of carbonyl (C=O) groups excluding carboxylic acids is 3. The molecule has 0 aromatic heterocycles. The molecule has 2 amide bonds. The average molecular weight is 410 g/mol. The van der Waals surface area contributed by atoms with Crippen LogP contribution in [0.25, 0.3) is 0 Å². The van der Waals surface area contributed by atoms with Gasteiger partial charge in [0.25, 0.3) is 0 Å². The van der Waals surface area contributed by atoms with Gasteiger partial charge in [-0.3, -0.25) is 0 Å². The number of hydrogen-bond acceptors (Lipinski definition) is 6. The zero-order valence-corrected chi connectivity index (χ0v) is 16.9. The molecule has 1 aliphatic heterocycles. The van der Waals surface area contributed by atoms with Crippen molar-refractivity contribution in [2.75, 3.05) is 13.7 Å². The van der Waals surface area contributed by atoms with Crippen molar-refractivity contribution in [3.8, 4) is 11.5 Å². The second kappa shape index (κ2) is 9.13. The fourth-order valence-electron chi connectivity index (χ4n) is 3.11. The minimum Gasteiger partial charge on any atom is -0.490 e. The second-order valence-corrected chi connectivity index (χ2v) is 6.46. The zero-order chi connectivity index (χ0) is 21.7. The van der Waals surface area contributed by atoms with Gasteiger partial charge in [0, 0.05) is 5.70 Å². The fraction of sp³-hybridized carbons (Fsp3) is 0.227. The van der Waals surface area contributed by atoms with E-state index in [0.717, 1.165) is 0 Å². The van der Waals surface area contributed by atoms with E-state index in [1.807, 2.05) is 0 Å². The molecule has 2 aromatic rings. The summed E-state index contributed by atoms with van der Waals surface area (Å²) in [5.41, 5.74) is 1.65. The van der Waals surface area contributed by atoms with E-state index in [2.05, 4.69) is 10.6 Å². The first-order valence-electron chi connectivity index (χ1n) is 9.35. The molecule has 0 bridgehead atoms. The van der Waals surface area contributed by atoms with Crippen molar-refractivity contribution in [1.29, 1.82) is 0 Å². The molecule has 8 heteroatoms. The highest BCUT2D eigenvalue weighted by Gasteiger charge is 2.32. The van der Waals surface area contributed by atoms with Crippen LogP contribution in [0.3, 0.4) is 0 Å². The number of esters is 2. The molecule has 2 aromatic carbocycles. The SMILES string of the molecule is CCOc1cc(C2NC(=O)NC(C)=C2C(=O)OC)ccc1OC(=O)c1ccccc1. The van der Waals surface area contributed by atoms with Crippen molar-refractivity contribution in [3.63, 3.8) is 0 Å². The largest absolute Gasteiger partial charge is 0.490 e. The maximum absolute atomic E-state index is 12.4. The molecule has 0 radical (unpaired) electrons. The van der Waals surface area contributed by atoms with Crippen molar-refractivity contribution >= 4 is 18.0 Å². The molecule has 0 fully saturated rings. The molecule has 2 N–H and O–H groups in total. The predicted octanol–water partition coefficient (Wildman–Crippen LogP) is 3.11. The highest BCUT2D eigenvalue weighted by Crippen LogP contribution is 2.35. The van der Waals surface area contributed by atoms with Crippen molar-refractivity contribution in [3.05, 3.63) is 70.9 Å². The zero-order valence-electron chi connectivity index (χ0n) is 16.9. The van der Waals surface area contributed by atoms with Crippen molar-refractivity contribution < 1.29 is 28.6 Å². The number of benzene rings is 2. The molecule has 0 aliphatic carbocycles. The average Bonchev–Trinajstić information content (AvgIpc) is 2.74. The highest BCUT2D eigenvalue weighted by molar-refractivity contribution is 5.95. The van der Waals surface area contributed by atoms with Crippen LogP contribution >= 0.6 is 0 Å². The summed E-state index contributed by atoms with van der Waals surface area (Å²) in [5, 5.41) is 5.28. The lowest BCUT2D eigenvalue weighted by molar-refractivity contribution is -0.136. The highest BCUT2D eigenvalue weighted by atomic mass is 16.6. The lowest BCUT2D eigenvalue weighted by Crippen LogP contribution is -2.45. The maximum atomic E-state index is 12.4. The molecule has 30 heavy (non-hydrogen) atoms. The van der Waals surface area contributed by atoms with E-state index in [1.165, 1.54) is 7.11 Å². The Morgan fingerprint density at radius 3 is 2.43 bits per heavy atom. The first-order chi connectivity index (χ1) is 14.4. The van der Waals surface area contributed by atoms with Crippen LogP contribution in [-0.2, 0) is 9.53 Å². The van der Waals surface area contributed by atoms with Gasteiger partial charge in [0.15, 0.2) is 11.5 Å². The third-order valence-electron chi connectivity index (χ3n) is 4.49. The molecule has 1 unspecified atom stereocenters. The van der Waals surface area contributed by atoms with Gasteiger partial charge in [-0.05, 0) is 43.7 Å². The van der Waals surface area contributed by atoms with Crippen molar-refractivity contribution in [1.82, 2.24) is 10.6 Å². The summed E-state index contributed by atoms with van der Waals surface area (Å²) in [5.74, 6) is -0.544. The van der Waals surface area contributed by atoms with Crippen LogP contribution in [0.15, 0.2) is 59.8 Å². The van der Waals surface area contributed by atoms with Crippen molar-refractivity contribution in [2.24, 2.45) is 0 Å². The Labute approximate surface area is 173 Å². The number of methoxy groups -OCH3 is 1.